The van der Waals surface area contributed by atoms with Crippen LogP contribution < -0.4 is 5.73 Å². The van der Waals surface area contributed by atoms with Crippen molar-refractivity contribution in [2.75, 3.05) is 19.7 Å². The minimum atomic E-state index is 0.0719. The van der Waals surface area contributed by atoms with Gasteiger partial charge in [-0.05, 0) is 32.1 Å². The van der Waals surface area contributed by atoms with E-state index in [4.69, 9.17) is 15.7 Å². The van der Waals surface area contributed by atoms with Crippen LogP contribution in [-0.2, 0) is 9.53 Å². The molecule has 6 heteroatoms. The Kier molecular flexibility index (Phi) is 6.62. The molecule has 0 heterocycles. The summed E-state index contributed by atoms with van der Waals surface area (Å²) in [5.41, 5.74) is 5.47. The molecule has 1 rings (SSSR count). The van der Waals surface area contributed by atoms with Crippen molar-refractivity contribution < 1.29 is 14.7 Å². The predicted molar refractivity (Wildman–Crippen MR) is 73.0 cm³/mol. The predicted octanol–water partition coefficient (Wildman–Crippen LogP) is 1.18. The van der Waals surface area contributed by atoms with Crippen LogP contribution in [-0.4, -0.2) is 47.7 Å². The van der Waals surface area contributed by atoms with E-state index in [2.05, 4.69) is 5.16 Å². The number of carbonyl (C=O) groups excluding carboxylic acids is 1. The molecule has 0 aromatic carbocycles. The molecule has 6 nitrogen and oxygen atoms in total. The second-order valence-electron chi connectivity index (χ2n) is 5.03. The van der Waals surface area contributed by atoms with Gasteiger partial charge >= 0.3 is 0 Å². The van der Waals surface area contributed by atoms with Gasteiger partial charge in [-0.2, -0.15) is 0 Å². The van der Waals surface area contributed by atoms with Gasteiger partial charge in [0.15, 0.2) is 5.84 Å². The topological polar surface area (TPSA) is 88.1 Å². The monoisotopic (exact) mass is 271 g/mol. The molecule has 0 spiro atoms. The number of hydrogen-bond donors (Lipinski definition) is 2. The van der Waals surface area contributed by atoms with Crippen LogP contribution in [0, 0.1) is 5.92 Å². The fraction of sp³-hybridized carbons (Fsp3) is 0.846. The number of nitrogens with zero attached hydrogens (tertiary/aromatic N) is 2. The summed E-state index contributed by atoms with van der Waals surface area (Å²) in [5, 5.41) is 11.5. The Morgan fingerprint density at radius 2 is 2.16 bits per heavy atom. The van der Waals surface area contributed by atoms with E-state index >= 15 is 0 Å². The van der Waals surface area contributed by atoms with Crippen molar-refractivity contribution in [2.24, 2.45) is 16.8 Å². The smallest absolute Gasteiger partial charge is 0.223 e. The van der Waals surface area contributed by atoms with Crippen molar-refractivity contribution in [1.82, 2.24) is 4.90 Å². The lowest BCUT2D eigenvalue weighted by molar-refractivity contribution is -0.133. The quantitative estimate of drug-likeness (QED) is 0.300. The van der Waals surface area contributed by atoms with Gasteiger partial charge in [0.2, 0.25) is 5.91 Å². The van der Waals surface area contributed by atoms with Crippen molar-refractivity contribution in [3.63, 3.8) is 0 Å². The van der Waals surface area contributed by atoms with Gasteiger partial charge in [0.1, 0.15) is 0 Å². The van der Waals surface area contributed by atoms with Crippen LogP contribution >= 0.6 is 0 Å². The summed E-state index contributed by atoms with van der Waals surface area (Å²) in [6.45, 7) is 5.55. The minimum Gasteiger partial charge on any atom is -0.409 e. The van der Waals surface area contributed by atoms with E-state index < -0.39 is 0 Å². The fourth-order valence-electron chi connectivity index (χ4n) is 2.38. The van der Waals surface area contributed by atoms with Gasteiger partial charge in [0.05, 0.1) is 12.6 Å². The Morgan fingerprint density at radius 1 is 1.47 bits per heavy atom. The van der Waals surface area contributed by atoms with Crippen LogP contribution in [0.5, 0.6) is 0 Å². The van der Waals surface area contributed by atoms with Gasteiger partial charge in [0, 0.05) is 19.6 Å². The van der Waals surface area contributed by atoms with Gasteiger partial charge in [-0.15, -0.1) is 0 Å². The first-order valence-electron chi connectivity index (χ1n) is 6.96. The first kappa shape index (κ1) is 15.8. The van der Waals surface area contributed by atoms with Gasteiger partial charge in [-0.25, -0.2) is 0 Å². The average molecular weight is 271 g/mol. The highest BCUT2D eigenvalue weighted by molar-refractivity contribution is 5.87. The third-order valence-corrected chi connectivity index (χ3v) is 3.39. The van der Waals surface area contributed by atoms with Crippen LogP contribution in [0.15, 0.2) is 5.16 Å². The van der Waals surface area contributed by atoms with E-state index in [1.165, 1.54) is 0 Å². The standard InChI is InChI=1S/C13H25N3O3/c1-3-5-16(9-12(14)15-18)13(17)8-10-6-11(7-10)19-4-2/h10-11,18H,3-9H2,1-2H3,(H2,14,15). The van der Waals surface area contributed by atoms with Crippen LogP contribution in [0.3, 0.4) is 0 Å². The highest BCUT2D eigenvalue weighted by Crippen LogP contribution is 2.33. The number of ether oxygens (including phenoxy) is 1. The zero-order valence-electron chi connectivity index (χ0n) is 11.8. The summed E-state index contributed by atoms with van der Waals surface area (Å²) >= 11 is 0. The Balaban J connectivity index is 2.36. The highest BCUT2D eigenvalue weighted by Gasteiger charge is 2.32. The maximum Gasteiger partial charge on any atom is 0.223 e. The van der Waals surface area contributed by atoms with Gasteiger partial charge in [-0.1, -0.05) is 12.1 Å². The SMILES string of the molecule is CCCN(CC(N)=NO)C(=O)CC1CC(OCC)C1. The Labute approximate surface area is 114 Å². The number of rotatable bonds is 8. The maximum atomic E-state index is 12.1. The first-order chi connectivity index (χ1) is 9.10. The van der Waals surface area contributed by atoms with E-state index in [0.717, 1.165) is 25.9 Å². The number of amides is 1. The second-order valence-corrected chi connectivity index (χ2v) is 5.03. The molecular formula is C13H25N3O3. The summed E-state index contributed by atoms with van der Waals surface area (Å²) in [7, 11) is 0. The molecule has 1 aliphatic rings. The minimum absolute atomic E-state index is 0.0719. The second kappa shape index (κ2) is 7.99. The fourth-order valence-corrected chi connectivity index (χ4v) is 2.38. The Bertz CT molecular complexity index is 314. The van der Waals surface area contributed by atoms with E-state index in [1.807, 2.05) is 13.8 Å². The van der Waals surface area contributed by atoms with E-state index in [1.54, 1.807) is 4.90 Å². The molecule has 0 radical (unpaired) electrons. The number of oxime groups is 1. The molecule has 0 aliphatic heterocycles. The third-order valence-electron chi connectivity index (χ3n) is 3.39. The molecule has 19 heavy (non-hydrogen) atoms. The lowest BCUT2D eigenvalue weighted by atomic mass is 9.79. The molecule has 0 aromatic heterocycles. The normalized spacial score (nSPS) is 22.9. The lowest BCUT2D eigenvalue weighted by Crippen LogP contribution is -2.42. The van der Waals surface area contributed by atoms with Crippen molar-refractivity contribution >= 4 is 11.7 Å². The van der Waals surface area contributed by atoms with Crippen LogP contribution in [0.2, 0.25) is 0 Å². The molecule has 1 amide bonds. The molecule has 0 saturated heterocycles. The molecule has 0 aromatic rings. The largest absolute Gasteiger partial charge is 0.409 e. The molecule has 1 fully saturated rings. The molecule has 110 valence electrons. The van der Waals surface area contributed by atoms with Crippen molar-refractivity contribution in [3.05, 3.63) is 0 Å². The zero-order valence-corrected chi connectivity index (χ0v) is 11.8. The van der Waals surface area contributed by atoms with E-state index in [-0.39, 0.29) is 18.3 Å². The Morgan fingerprint density at radius 3 is 2.68 bits per heavy atom. The average Bonchev–Trinajstić information content (AvgIpc) is 2.35. The summed E-state index contributed by atoms with van der Waals surface area (Å²) < 4.78 is 5.48. The van der Waals surface area contributed by atoms with Crippen molar-refractivity contribution in [2.45, 2.75) is 45.6 Å². The Hall–Kier alpha value is -1.30. The molecule has 0 atom stereocenters. The molecule has 0 unspecified atom stereocenters. The van der Waals surface area contributed by atoms with Crippen molar-refractivity contribution in [3.8, 4) is 0 Å². The molecule has 3 N–H and O–H groups in total. The summed E-state index contributed by atoms with van der Waals surface area (Å²) in [5.74, 6) is 0.562. The zero-order chi connectivity index (χ0) is 14.3. The third kappa shape index (κ3) is 5.06. The summed E-state index contributed by atoms with van der Waals surface area (Å²) in [4.78, 5) is 13.8. The van der Waals surface area contributed by atoms with Gasteiger partial charge in [-0.3, -0.25) is 4.79 Å². The van der Waals surface area contributed by atoms with E-state index in [9.17, 15) is 4.79 Å². The van der Waals surface area contributed by atoms with E-state index in [0.29, 0.717) is 25.0 Å². The number of nitrogens with two attached hydrogens (primary N) is 1. The lowest BCUT2D eigenvalue weighted by Gasteiger charge is -2.35. The number of carbonyl (C=O) groups is 1. The van der Waals surface area contributed by atoms with Crippen LogP contribution in [0.1, 0.15) is 39.5 Å². The van der Waals surface area contributed by atoms with Gasteiger partial charge in [0.25, 0.3) is 0 Å². The molecule has 0 bridgehead atoms. The first-order valence-corrected chi connectivity index (χ1v) is 6.96. The molecule has 1 aliphatic carbocycles. The van der Waals surface area contributed by atoms with Crippen molar-refractivity contribution in [1.29, 1.82) is 0 Å². The summed E-state index contributed by atoms with van der Waals surface area (Å²) in [6.07, 6.45) is 3.64. The van der Waals surface area contributed by atoms with Crippen LogP contribution in [0.25, 0.3) is 0 Å². The van der Waals surface area contributed by atoms with Crippen LogP contribution in [0.4, 0.5) is 0 Å². The highest BCUT2D eigenvalue weighted by atomic mass is 16.5. The summed E-state index contributed by atoms with van der Waals surface area (Å²) in [6, 6.07) is 0. The number of amidine groups is 1. The molecular weight excluding hydrogens is 246 g/mol. The molecule has 1 saturated carbocycles. The van der Waals surface area contributed by atoms with Gasteiger partial charge < -0.3 is 20.6 Å². The maximum absolute atomic E-state index is 12.1. The number of hydrogen-bond acceptors (Lipinski definition) is 4.